The standard InChI is InChI=1S/C19H15F2N3O3/c1-19(13-6-7-14(20)15(21)10-13)17(25)24(18(26)23-19)8-9-27-16-5-3-2-4-12(16)11-22/h2-7,10H,8-9H2,1H3,(H,23,26)/t19-/m1/s1. The molecule has 138 valence electrons. The zero-order chi connectivity index (χ0) is 19.6. The Morgan fingerprint density at radius 2 is 1.93 bits per heavy atom. The summed E-state index contributed by atoms with van der Waals surface area (Å²) in [7, 11) is 0. The van der Waals surface area contributed by atoms with E-state index in [9.17, 15) is 18.4 Å². The van der Waals surface area contributed by atoms with Crippen LogP contribution in [-0.4, -0.2) is 30.0 Å². The monoisotopic (exact) mass is 371 g/mol. The normalized spacial score (nSPS) is 19.0. The van der Waals surface area contributed by atoms with Gasteiger partial charge in [-0.05, 0) is 36.8 Å². The van der Waals surface area contributed by atoms with Crippen LogP contribution in [-0.2, 0) is 10.3 Å². The molecular weight excluding hydrogens is 356 g/mol. The van der Waals surface area contributed by atoms with Crippen LogP contribution in [0.15, 0.2) is 42.5 Å². The minimum atomic E-state index is -1.50. The minimum Gasteiger partial charge on any atom is -0.490 e. The Balaban J connectivity index is 1.72. The second kappa shape index (κ2) is 7.03. The maximum atomic E-state index is 13.5. The molecule has 1 aliphatic rings. The number of halogens is 2. The van der Waals surface area contributed by atoms with Crippen LogP contribution < -0.4 is 10.1 Å². The van der Waals surface area contributed by atoms with Gasteiger partial charge in [-0.3, -0.25) is 9.69 Å². The van der Waals surface area contributed by atoms with Gasteiger partial charge in [-0.15, -0.1) is 0 Å². The van der Waals surface area contributed by atoms with Crippen molar-refractivity contribution in [3.8, 4) is 11.8 Å². The Labute approximate surface area is 154 Å². The number of hydrogen-bond donors (Lipinski definition) is 1. The number of rotatable bonds is 5. The highest BCUT2D eigenvalue weighted by Crippen LogP contribution is 2.29. The first kappa shape index (κ1) is 18.3. The highest BCUT2D eigenvalue weighted by Gasteiger charge is 2.49. The van der Waals surface area contributed by atoms with Crippen molar-refractivity contribution >= 4 is 11.9 Å². The van der Waals surface area contributed by atoms with Crippen LogP contribution in [0.25, 0.3) is 0 Å². The first-order chi connectivity index (χ1) is 12.9. The number of benzene rings is 2. The van der Waals surface area contributed by atoms with E-state index in [1.165, 1.54) is 13.0 Å². The van der Waals surface area contributed by atoms with Crippen molar-refractivity contribution in [1.29, 1.82) is 5.26 Å². The molecule has 0 bridgehead atoms. The smallest absolute Gasteiger partial charge is 0.325 e. The van der Waals surface area contributed by atoms with Crippen molar-refractivity contribution in [2.75, 3.05) is 13.2 Å². The Kier molecular flexibility index (Phi) is 4.77. The largest absolute Gasteiger partial charge is 0.490 e. The van der Waals surface area contributed by atoms with Crippen LogP contribution in [0.1, 0.15) is 18.1 Å². The first-order valence-corrected chi connectivity index (χ1v) is 8.08. The van der Waals surface area contributed by atoms with Gasteiger partial charge in [0.2, 0.25) is 0 Å². The first-order valence-electron chi connectivity index (χ1n) is 8.08. The molecule has 3 amide bonds. The average molecular weight is 371 g/mol. The zero-order valence-electron chi connectivity index (χ0n) is 14.3. The molecule has 0 radical (unpaired) electrons. The molecule has 0 unspecified atom stereocenters. The number of nitrogens with zero attached hydrogens (tertiary/aromatic N) is 2. The second-order valence-electron chi connectivity index (χ2n) is 6.10. The molecule has 2 aromatic carbocycles. The number of nitrogens with one attached hydrogen (secondary N) is 1. The van der Waals surface area contributed by atoms with Crippen molar-refractivity contribution in [1.82, 2.24) is 10.2 Å². The second-order valence-corrected chi connectivity index (χ2v) is 6.10. The molecular formula is C19H15F2N3O3. The fourth-order valence-electron chi connectivity index (χ4n) is 2.83. The molecule has 0 saturated carbocycles. The van der Waals surface area contributed by atoms with Crippen LogP contribution >= 0.6 is 0 Å². The van der Waals surface area contributed by atoms with Crippen molar-refractivity contribution in [2.45, 2.75) is 12.5 Å². The number of carbonyl (C=O) groups excluding carboxylic acids is 2. The Hall–Kier alpha value is -3.47. The number of nitriles is 1. The number of carbonyl (C=O) groups is 2. The van der Waals surface area contributed by atoms with E-state index in [1.807, 2.05) is 6.07 Å². The molecule has 1 N–H and O–H groups in total. The van der Waals surface area contributed by atoms with Gasteiger partial charge < -0.3 is 10.1 Å². The minimum absolute atomic E-state index is 0.0221. The third-order valence-electron chi connectivity index (χ3n) is 4.35. The Bertz CT molecular complexity index is 957. The molecule has 2 aromatic rings. The van der Waals surface area contributed by atoms with Gasteiger partial charge in [0, 0.05) is 0 Å². The van der Waals surface area contributed by atoms with Gasteiger partial charge in [0.05, 0.1) is 12.1 Å². The van der Waals surface area contributed by atoms with Crippen LogP contribution in [0.2, 0.25) is 0 Å². The lowest BCUT2D eigenvalue weighted by atomic mass is 9.92. The van der Waals surface area contributed by atoms with Gasteiger partial charge in [0.1, 0.15) is 24.0 Å². The number of ether oxygens (including phenoxy) is 1. The summed E-state index contributed by atoms with van der Waals surface area (Å²) >= 11 is 0. The highest BCUT2D eigenvalue weighted by atomic mass is 19.2. The molecule has 0 spiro atoms. The van der Waals surface area contributed by atoms with Crippen molar-refractivity contribution in [2.24, 2.45) is 0 Å². The third kappa shape index (κ3) is 3.31. The molecule has 0 aliphatic carbocycles. The van der Waals surface area contributed by atoms with E-state index in [0.29, 0.717) is 11.3 Å². The zero-order valence-corrected chi connectivity index (χ0v) is 14.3. The summed E-state index contributed by atoms with van der Waals surface area (Å²) in [6.45, 7) is 1.33. The van der Waals surface area contributed by atoms with Gasteiger partial charge in [-0.25, -0.2) is 13.6 Å². The fourth-order valence-corrected chi connectivity index (χ4v) is 2.83. The van der Waals surface area contributed by atoms with E-state index in [4.69, 9.17) is 10.00 Å². The van der Waals surface area contributed by atoms with Gasteiger partial charge >= 0.3 is 6.03 Å². The predicted molar refractivity (Wildman–Crippen MR) is 90.6 cm³/mol. The van der Waals surface area contributed by atoms with Crippen LogP contribution in [0.4, 0.5) is 13.6 Å². The quantitative estimate of drug-likeness (QED) is 0.820. The van der Waals surface area contributed by atoms with E-state index in [0.717, 1.165) is 17.0 Å². The molecule has 0 aromatic heterocycles. The SMILES string of the molecule is C[C@]1(c2ccc(F)c(F)c2)NC(=O)N(CCOc2ccccc2C#N)C1=O. The average Bonchev–Trinajstić information content (AvgIpc) is 2.88. The van der Waals surface area contributed by atoms with E-state index in [2.05, 4.69) is 5.32 Å². The Morgan fingerprint density at radius 1 is 1.19 bits per heavy atom. The van der Waals surface area contributed by atoms with Gasteiger partial charge in [-0.1, -0.05) is 18.2 Å². The molecule has 27 heavy (non-hydrogen) atoms. The summed E-state index contributed by atoms with van der Waals surface area (Å²) < 4.78 is 32.2. The summed E-state index contributed by atoms with van der Waals surface area (Å²) in [5.74, 6) is -2.41. The van der Waals surface area contributed by atoms with Crippen molar-refractivity contribution < 1.29 is 23.1 Å². The molecule has 6 nitrogen and oxygen atoms in total. The number of hydrogen-bond acceptors (Lipinski definition) is 4. The maximum Gasteiger partial charge on any atom is 0.325 e. The molecule has 1 saturated heterocycles. The van der Waals surface area contributed by atoms with Crippen LogP contribution in [0, 0.1) is 23.0 Å². The van der Waals surface area contributed by atoms with Crippen LogP contribution in [0.3, 0.4) is 0 Å². The summed E-state index contributed by atoms with van der Waals surface area (Å²) in [6.07, 6.45) is 0. The number of amides is 3. The number of para-hydroxylation sites is 1. The highest BCUT2D eigenvalue weighted by molar-refractivity contribution is 6.07. The van der Waals surface area contributed by atoms with Gasteiger partial charge in [-0.2, -0.15) is 5.26 Å². The number of urea groups is 1. The van der Waals surface area contributed by atoms with Gasteiger partial charge in [0.15, 0.2) is 11.6 Å². The van der Waals surface area contributed by atoms with E-state index < -0.39 is 29.1 Å². The Morgan fingerprint density at radius 3 is 2.63 bits per heavy atom. The lowest BCUT2D eigenvalue weighted by Gasteiger charge is -2.22. The van der Waals surface area contributed by atoms with Crippen LogP contribution in [0.5, 0.6) is 5.75 Å². The predicted octanol–water partition coefficient (Wildman–Crippen LogP) is 2.68. The lowest BCUT2D eigenvalue weighted by Crippen LogP contribution is -2.41. The van der Waals surface area contributed by atoms with Crippen molar-refractivity contribution in [3.05, 3.63) is 65.2 Å². The van der Waals surface area contributed by atoms with E-state index in [1.54, 1.807) is 24.3 Å². The lowest BCUT2D eigenvalue weighted by molar-refractivity contribution is -0.131. The third-order valence-corrected chi connectivity index (χ3v) is 4.35. The van der Waals surface area contributed by atoms with E-state index >= 15 is 0 Å². The topological polar surface area (TPSA) is 82.4 Å². The van der Waals surface area contributed by atoms with Crippen molar-refractivity contribution in [3.63, 3.8) is 0 Å². The summed E-state index contributed by atoms with van der Waals surface area (Å²) in [5.41, 5.74) is -1.03. The summed E-state index contributed by atoms with van der Waals surface area (Å²) in [4.78, 5) is 25.9. The molecule has 1 fully saturated rings. The van der Waals surface area contributed by atoms with Gasteiger partial charge in [0.25, 0.3) is 5.91 Å². The molecule has 3 rings (SSSR count). The number of imide groups is 1. The fraction of sp³-hybridized carbons (Fsp3) is 0.211. The molecule has 1 aliphatic heterocycles. The molecule has 1 heterocycles. The molecule has 1 atom stereocenters. The van der Waals surface area contributed by atoms with E-state index in [-0.39, 0.29) is 18.7 Å². The summed E-state index contributed by atoms with van der Waals surface area (Å²) in [5, 5.41) is 11.5. The maximum absolute atomic E-state index is 13.5. The summed E-state index contributed by atoms with van der Waals surface area (Å²) in [6, 6.07) is 10.9. The molecule has 8 heteroatoms.